The molecular weight excluding hydrogens is 310 g/mol. The molecule has 1 heterocycles. The Morgan fingerprint density at radius 1 is 1.30 bits per heavy atom. The average Bonchev–Trinajstić information content (AvgIpc) is 2.96. The van der Waals surface area contributed by atoms with E-state index in [-0.39, 0.29) is 5.91 Å². The van der Waals surface area contributed by atoms with Crippen molar-refractivity contribution in [2.24, 2.45) is 5.92 Å². The number of tetrazole rings is 1. The van der Waals surface area contributed by atoms with E-state index in [4.69, 9.17) is 0 Å². The summed E-state index contributed by atoms with van der Waals surface area (Å²) in [4.78, 5) is 11.9. The van der Waals surface area contributed by atoms with E-state index in [0.29, 0.717) is 23.4 Å². The summed E-state index contributed by atoms with van der Waals surface area (Å²) < 4.78 is 1.67. The molecule has 0 aliphatic heterocycles. The molecule has 0 saturated heterocycles. The van der Waals surface area contributed by atoms with Crippen LogP contribution >= 0.6 is 11.8 Å². The molecule has 1 aromatic heterocycles. The van der Waals surface area contributed by atoms with Crippen LogP contribution in [0, 0.1) is 19.8 Å². The van der Waals surface area contributed by atoms with Crippen molar-refractivity contribution in [1.82, 2.24) is 25.5 Å². The Hall–Kier alpha value is -1.89. The lowest BCUT2D eigenvalue weighted by atomic mass is 10.1. The Bertz CT molecular complexity index is 668. The van der Waals surface area contributed by atoms with Gasteiger partial charge >= 0.3 is 0 Å². The number of amides is 1. The third kappa shape index (κ3) is 5.06. The monoisotopic (exact) mass is 333 g/mol. The van der Waals surface area contributed by atoms with Crippen LogP contribution in [-0.4, -0.2) is 38.4 Å². The predicted octanol–water partition coefficient (Wildman–Crippen LogP) is 2.53. The van der Waals surface area contributed by atoms with Gasteiger partial charge in [0.25, 0.3) is 0 Å². The number of thioether (sulfide) groups is 1. The van der Waals surface area contributed by atoms with E-state index in [1.165, 1.54) is 22.9 Å². The van der Waals surface area contributed by atoms with Crippen LogP contribution in [0.4, 0.5) is 0 Å². The van der Waals surface area contributed by atoms with E-state index in [1.54, 1.807) is 4.68 Å². The first-order chi connectivity index (χ1) is 11.0. The second-order valence-corrected chi connectivity index (χ2v) is 6.91. The molecule has 0 unspecified atom stereocenters. The maximum atomic E-state index is 11.9. The Kier molecular flexibility index (Phi) is 6.15. The maximum absolute atomic E-state index is 11.9. The normalized spacial score (nSPS) is 11.0. The standard InChI is InChI=1S/C16H23N5OS/c1-11(2)7-8-17-15(22)10-23-16-18-19-20-21(16)14-6-5-12(3)13(4)9-14/h5-6,9,11H,7-8,10H2,1-4H3,(H,17,22). The molecule has 1 N–H and O–H groups in total. The molecule has 1 amide bonds. The fourth-order valence-corrected chi connectivity index (χ4v) is 2.69. The van der Waals surface area contributed by atoms with Crippen LogP contribution in [0.2, 0.25) is 0 Å². The Morgan fingerprint density at radius 3 is 2.78 bits per heavy atom. The average molecular weight is 333 g/mol. The number of nitrogens with one attached hydrogen (secondary N) is 1. The van der Waals surface area contributed by atoms with Gasteiger partial charge < -0.3 is 5.32 Å². The minimum Gasteiger partial charge on any atom is -0.355 e. The molecule has 124 valence electrons. The van der Waals surface area contributed by atoms with Crippen molar-refractivity contribution in [2.75, 3.05) is 12.3 Å². The first kappa shape index (κ1) is 17.5. The van der Waals surface area contributed by atoms with Crippen LogP contribution in [-0.2, 0) is 4.79 Å². The quantitative estimate of drug-likeness (QED) is 0.788. The van der Waals surface area contributed by atoms with E-state index in [0.717, 1.165) is 12.1 Å². The SMILES string of the molecule is Cc1ccc(-n2nnnc2SCC(=O)NCCC(C)C)cc1C. The Labute approximate surface area is 141 Å². The van der Waals surface area contributed by atoms with Crippen molar-refractivity contribution in [1.29, 1.82) is 0 Å². The number of benzene rings is 1. The molecule has 0 aliphatic carbocycles. The van der Waals surface area contributed by atoms with Crippen LogP contribution in [0.5, 0.6) is 0 Å². The summed E-state index contributed by atoms with van der Waals surface area (Å²) in [5.74, 6) is 0.897. The van der Waals surface area contributed by atoms with Crippen LogP contribution in [0.15, 0.2) is 23.4 Å². The summed E-state index contributed by atoms with van der Waals surface area (Å²) in [6.07, 6.45) is 0.983. The van der Waals surface area contributed by atoms with Gasteiger partial charge in [0, 0.05) is 6.54 Å². The number of carbonyl (C=O) groups is 1. The molecule has 23 heavy (non-hydrogen) atoms. The molecule has 1 aromatic carbocycles. The lowest BCUT2D eigenvalue weighted by Crippen LogP contribution is -2.27. The molecule has 2 rings (SSSR count). The summed E-state index contributed by atoms with van der Waals surface area (Å²) in [7, 11) is 0. The number of carbonyl (C=O) groups excluding carboxylic acids is 1. The van der Waals surface area contributed by atoms with Gasteiger partial charge in [-0.1, -0.05) is 31.7 Å². The topological polar surface area (TPSA) is 72.7 Å². The minimum absolute atomic E-state index is 0.00490. The summed E-state index contributed by atoms with van der Waals surface area (Å²) in [5, 5.41) is 15.3. The third-order valence-corrected chi connectivity index (χ3v) is 4.47. The van der Waals surface area contributed by atoms with Crippen molar-refractivity contribution in [3.63, 3.8) is 0 Å². The highest BCUT2D eigenvalue weighted by Crippen LogP contribution is 2.19. The van der Waals surface area contributed by atoms with Crippen molar-refractivity contribution in [3.05, 3.63) is 29.3 Å². The van der Waals surface area contributed by atoms with Gasteiger partial charge in [0.15, 0.2) is 0 Å². The minimum atomic E-state index is 0.00490. The van der Waals surface area contributed by atoms with Gasteiger partial charge in [0.2, 0.25) is 11.1 Å². The molecule has 6 nitrogen and oxygen atoms in total. The number of hydrogen-bond acceptors (Lipinski definition) is 5. The highest BCUT2D eigenvalue weighted by atomic mass is 32.2. The molecule has 0 fully saturated rings. The van der Waals surface area contributed by atoms with Gasteiger partial charge in [-0.3, -0.25) is 4.79 Å². The Balaban J connectivity index is 1.96. The molecule has 2 aromatic rings. The number of aromatic nitrogens is 4. The summed E-state index contributed by atoms with van der Waals surface area (Å²) >= 11 is 1.34. The van der Waals surface area contributed by atoms with Crippen molar-refractivity contribution in [2.45, 2.75) is 39.3 Å². The van der Waals surface area contributed by atoms with Crippen molar-refractivity contribution >= 4 is 17.7 Å². The van der Waals surface area contributed by atoms with E-state index < -0.39 is 0 Å². The molecule has 0 atom stereocenters. The predicted molar refractivity (Wildman–Crippen MR) is 91.8 cm³/mol. The summed E-state index contributed by atoms with van der Waals surface area (Å²) in [6, 6.07) is 6.06. The second kappa shape index (κ2) is 8.10. The molecule has 0 radical (unpaired) electrons. The zero-order valence-electron chi connectivity index (χ0n) is 14.0. The molecule has 0 spiro atoms. The van der Waals surface area contributed by atoms with E-state index >= 15 is 0 Å². The van der Waals surface area contributed by atoms with Gasteiger partial charge in [0.1, 0.15) is 0 Å². The zero-order valence-corrected chi connectivity index (χ0v) is 14.9. The van der Waals surface area contributed by atoms with Gasteiger partial charge in [-0.2, -0.15) is 4.68 Å². The van der Waals surface area contributed by atoms with Gasteiger partial charge in [-0.15, -0.1) is 5.10 Å². The van der Waals surface area contributed by atoms with E-state index in [1.807, 2.05) is 18.2 Å². The number of nitrogens with zero attached hydrogens (tertiary/aromatic N) is 4. The first-order valence-corrected chi connectivity index (χ1v) is 8.71. The molecular formula is C16H23N5OS. The lowest BCUT2D eigenvalue weighted by Gasteiger charge is -2.08. The van der Waals surface area contributed by atoms with E-state index in [9.17, 15) is 4.79 Å². The van der Waals surface area contributed by atoms with Crippen LogP contribution in [0.3, 0.4) is 0 Å². The third-order valence-electron chi connectivity index (χ3n) is 3.55. The van der Waals surface area contributed by atoms with Crippen molar-refractivity contribution in [3.8, 4) is 5.69 Å². The molecule has 0 aliphatic rings. The summed E-state index contributed by atoms with van der Waals surface area (Å²) in [5.41, 5.74) is 3.31. The smallest absolute Gasteiger partial charge is 0.230 e. The number of aryl methyl sites for hydroxylation is 2. The molecule has 0 bridgehead atoms. The van der Waals surface area contributed by atoms with Gasteiger partial charge in [-0.05, 0) is 59.9 Å². The maximum Gasteiger partial charge on any atom is 0.230 e. The lowest BCUT2D eigenvalue weighted by molar-refractivity contribution is -0.118. The first-order valence-electron chi connectivity index (χ1n) is 7.73. The Morgan fingerprint density at radius 2 is 2.09 bits per heavy atom. The van der Waals surface area contributed by atoms with Gasteiger partial charge in [0.05, 0.1) is 11.4 Å². The number of rotatable bonds is 7. The molecule has 7 heteroatoms. The number of hydrogen-bond donors (Lipinski definition) is 1. The highest BCUT2D eigenvalue weighted by Gasteiger charge is 2.12. The fraction of sp³-hybridized carbons (Fsp3) is 0.500. The van der Waals surface area contributed by atoms with Gasteiger partial charge in [-0.25, -0.2) is 0 Å². The zero-order chi connectivity index (χ0) is 16.8. The van der Waals surface area contributed by atoms with Crippen LogP contribution in [0.1, 0.15) is 31.4 Å². The largest absolute Gasteiger partial charge is 0.355 e. The van der Waals surface area contributed by atoms with Crippen LogP contribution < -0.4 is 5.32 Å². The highest BCUT2D eigenvalue weighted by molar-refractivity contribution is 7.99. The van der Waals surface area contributed by atoms with Crippen molar-refractivity contribution < 1.29 is 4.79 Å². The second-order valence-electron chi connectivity index (χ2n) is 5.96. The summed E-state index contributed by atoms with van der Waals surface area (Å²) in [6.45, 7) is 9.10. The fourth-order valence-electron chi connectivity index (χ4n) is 1.97. The van der Waals surface area contributed by atoms with Crippen LogP contribution in [0.25, 0.3) is 5.69 Å². The van der Waals surface area contributed by atoms with E-state index in [2.05, 4.69) is 48.5 Å². The molecule has 0 saturated carbocycles.